The van der Waals surface area contributed by atoms with Gasteiger partial charge in [0.2, 0.25) is 0 Å². The third-order valence-electron chi connectivity index (χ3n) is 3.01. The summed E-state index contributed by atoms with van der Waals surface area (Å²) in [4.78, 5) is 31.1. The van der Waals surface area contributed by atoms with Crippen LogP contribution in [0.1, 0.15) is 19.4 Å². The number of carbonyl (C=O) groups excluding carboxylic acids is 1. The van der Waals surface area contributed by atoms with Crippen molar-refractivity contribution in [3.05, 3.63) is 35.9 Å². The second-order valence-corrected chi connectivity index (χ2v) is 6.82. The lowest BCUT2D eigenvalue weighted by molar-refractivity contribution is 0.0825. The Hall–Kier alpha value is -1.36. The maximum atomic E-state index is 11.8. The number of carbonyl (C=O) groups is 1. The Morgan fingerprint density at radius 2 is 1.84 bits per heavy atom. The SMILES string of the molecule is CN(C(=O)OCc1ccccc1)C(C)(C)P(=O)(O)O. The van der Waals surface area contributed by atoms with Crippen LogP contribution in [0.2, 0.25) is 0 Å². The zero-order chi connectivity index (χ0) is 14.7. The van der Waals surface area contributed by atoms with E-state index in [0.717, 1.165) is 10.5 Å². The Morgan fingerprint density at radius 1 is 1.32 bits per heavy atom. The second-order valence-electron chi connectivity index (χ2n) is 4.64. The number of amides is 1. The van der Waals surface area contributed by atoms with Gasteiger partial charge in [-0.1, -0.05) is 30.3 Å². The molecule has 0 radical (unpaired) electrons. The van der Waals surface area contributed by atoms with E-state index in [9.17, 15) is 19.1 Å². The van der Waals surface area contributed by atoms with Crippen LogP contribution in [0.4, 0.5) is 4.79 Å². The minimum absolute atomic E-state index is 0.0568. The number of hydrogen-bond acceptors (Lipinski definition) is 3. The Labute approximate surface area is 112 Å². The lowest BCUT2D eigenvalue weighted by atomic mass is 10.2. The van der Waals surface area contributed by atoms with Crippen molar-refractivity contribution in [1.29, 1.82) is 0 Å². The zero-order valence-corrected chi connectivity index (χ0v) is 12.0. The number of hydrogen-bond donors (Lipinski definition) is 2. The van der Waals surface area contributed by atoms with Crippen LogP contribution in [-0.4, -0.2) is 33.1 Å². The molecule has 0 aliphatic heterocycles. The van der Waals surface area contributed by atoms with Gasteiger partial charge in [-0.3, -0.25) is 9.46 Å². The van der Waals surface area contributed by atoms with Gasteiger partial charge in [0.1, 0.15) is 11.9 Å². The van der Waals surface area contributed by atoms with Crippen LogP contribution in [0, 0.1) is 0 Å². The summed E-state index contributed by atoms with van der Waals surface area (Å²) in [7, 11) is -3.15. The van der Waals surface area contributed by atoms with Crippen molar-refractivity contribution in [2.45, 2.75) is 25.7 Å². The predicted octanol–water partition coefficient (Wildman–Crippen LogP) is 2.17. The first-order valence-electron chi connectivity index (χ1n) is 5.66. The van der Waals surface area contributed by atoms with Gasteiger partial charge in [-0.05, 0) is 19.4 Å². The monoisotopic (exact) mass is 287 g/mol. The summed E-state index contributed by atoms with van der Waals surface area (Å²) in [6, 6.07) is 9.05. The van der Waals surface area contributed by atoms with E-state index in [1.165, 1.54) is 20.9 Å². The van der Waals surface area contributed by atoms with Gasteiger partial charge in [-0.25, -0.2) is 4.79 Å². The molecule has 0 aliphatic carbocycles. The lowest BCUT2D eigenvalue weighted by Gasteiger charge is -2.34. The van der Waals surface area contributed by atoms with Gasteiger partial charge < -0.3 is 14.5 Å². The number of rotatable bonds is 4. The van der Waals surface area contributed by atoms with Crippen molar-refractivity contribution < 1.29 is 23.9 Å². The van der Waals surface area contributed by atoms with Gasteiger partial charge in [0.25, 0.3) is 0 Å². The quantitative estimate of drug-likeness (QED) is 0.829. The fraction of sp³-hybridized carbons (Fsp3) is 0.417. The van der Waals surface area contributed by atoms with Gasteiger partial charge in [0.05, 0.1) is 0 Å². The van der Waals surface area contributed by atoms with Gasteiger partial charge in [-0.2, -0.15) is 0 Å². The van der Waals surface area contributed by atoms with Crippen molar-refractivity contribution >= 4 is 13.7 Å². The first-order valence-corrected chi connectivity index (χ1v) is 7.27. The van der Waals surface area contributed by atoms with Crippen LogP contribution in [0.3, 0.4) is 0 Å². The van der Waals surface area contributed by atoms with Crippen molar-refractivity contribution in [1.82, 2.24) is 4.90 Å². The first-order chi connectivity index (χ1) is 8.66. The molecule has 0 unspecified atom stereocenters. The Bertz CT molecular complexity index is 482. The van der Waals surface area contributed by atoms with E-state index in [1.54, 1.807) is 12.1 Å². The molecule has 1 amide bonds. The molecule has 106 valence electrons. The summed E-state index contributed by atoms with van der Waals surface area (Å²) in [5.41, 5.74) is 0.804. The van der Waals surface area contributed by atoms with E-state index in [0.29, 0.717) is 0 Å². The highest BCUT2D eigenvalue weighted by molar-refractivity contribution is 7.53. The average molecular weight is 287 g/mol. The molecule has 1 aromatic carbocycles. The molecule has 0 aliphatic rings. The number of nitrogens with zero attached hydrogens (tertiary/aromatic N) is 1. The molecule has 0 aromatic heterocycles. The summed E-state index contributed by atoms with van der Waals surface area (Å²) in [5.74, 6) is 0. The Kier molecular flexibility index (Phi) is 4.74. The lowest BCUT2D eigenvalue weighted by Crippen LogP contribution is -2.44. The summed E-state index contributed by atoms with van der Waals surface area (Å²) in [5, 5.41) is -1.61. The normalized spacial score (nSPS) is 12.1. The third kappa shape index (κ3) is 3.80. The van der Waals surface area contributed by atoms with E-state index in [-0.39, 0.29) is 6.61 Å². The summed E-state index contributed by atoms with van der Waals surface area (Å²) >= 11 is 0. The fourth-order valence-electron chi connectivity index (χ4n) is 1.23. The fourth-order valence-corrected chi connectivity index (χ4v) is 1.71. The molecule has 0 saturated heterocycles. The molecule has 1 aromatic rings. The molecule has 2 N–H and O–H groups in total. The Morgan fingerprint density at radius 3 is 2.32 bits per heavy atom. The van der Waals surface area contributed by atoms with Crippen molar-refractivity contribution in [2.24, 2.45) is 0 Å². The van der Waals surface area contributed by atoms with E-state index in [1.807, 2.05) is 18.2 Å². The molecular weight excluding hydrogens is 269 g/mol. The smallest absolute Gasteiger partial charge is 0.410 e. The minimum atomic E-state index is -4.45. The van der Waals surface area contributed by atoms with Crippen LogP contribution < -0.4 is 0 Å². The molecule has 0 heterocycles. The number of benzene rings is 1. The Balaban J connectivity index is 2.66. The maximum absolute atomic E-state index is 11.8. The molecule has 0 fully saturated rings. The van der Waals surface area contributed by atoms with Gasteiger partial charge in [0.15, 0.2) is 0 Å². The highest BCUT2D eigenvalue weighted by Crippen LogP contribution is 2.51. The number of ether oxygens (including phenoxy) is 1. The molecule has 0 atom stereocenters. The van der Waals surface area contributed by atoms with Crippen LogP contribution in [0.15, 0.2) is 30.3 Å². The van der Waals surface area contributed by atoms with Crippen molar-refractivity contribution in [3.63, 3.8) is 0 Å². The van der Waals surface area contributed by atoms with E-state index in [4.69, 9.17) is 4.74 Å². The molecule has 0 spiro atoms. The summed E-state index contributed by atoms with van der Waals surface area (Å²) < 4.78 is 16.3. The molecule has 1 rings (SSSR count). The third-order valence-corrected chi connectivity index (χ3v) is 4.74. The standard InChI is InChI=1S/C12H18NO5P/c1-12(2,19(15,16)17)13(3)11(14)18-9-10-7-5-4-6-8-10/h4-8H,9H2,1-3H3,(H2,15,16,17). The second kappa shape index (κ2) is 5.74. The maximum Gasteiger partial charge on any atom is 0.410 e. The van der Waals surface area contributed by atoms with E-state index < -0.39 is 19.0 Å². The highest BCUT2D eigenvalue weighted by Gasteiger charge is 2.44. The van der Waals surface area contributed by atoms with Crippen LogP contribution >= 0.6 is 7.60 Å². The molecule has 19 heavy (non-hydrogen) atoms. The van der Waals surface area contributed by atoms with Gasteiger partial charge in [0, 0.05) is 7.05 Å². The topological polar surface area (TPSA) is 87.1 Å². The largest absolute Gasteiger partial charge is 0.445 e. The molecule has 0 bridgehead atoms. The van der Waals surface area contributed by atoms with Gasteiger partial charge in [-0.15, -0.1) is 0 Å². The van der Waals surface area contributed by atoms with Gasteiger partial charge >= 0.3 is 13.7 Å². The highest BCUT2D eigenvalue weighted by atomic mass is 31.2. The van der Waals surface area contributed by atoms with Crippen molar-refractivity contribution in [3.8, 4) is 0 Å². The van der Waals surface area contributed by atoms with Crippen LogP contribution in [0.25, 0.3) is 0 Å². The average Bonchev–Trinajstić information content (AvgIpc) is 2.34. The van der Waals surface area contributed by atoms with Crippen molar-refractivity contribution in [2.75, 3.05) is 7.05 Å². The molecular formula is C12H18NO5P. The van der Waals surface area contributed by atoms with Crippen LogP contribution in [0.5, 0.6) is 0 Å². The predicted molar refractivity (Wildman–Crippen MR) is 70.5 cm³/mol. The first kappa shape index (κ1) is 15.7. The molecule has 0 saturated carbocycles. The molecule has 7 heteroatoms. The van der Waals surface area contributed by atoms with E-state index in [2.05, 4.69) is 0 Å². The molecule has 6 nitrogen and oxygen atoms in total. The minimum Gasteiger partial charge on any atom is -0.445 e. The summed E-state index contributed by atoms with van der Waals surface area (Å²) in [6.07, 6.45) is -0.780. The summed E-state index contributed by atoms with van der Waals surface area (Å²) in [6.45, 7) is 2.64. The van der Waals surface area contributed by atoms with E-state index >= 15 is 0 Å². The van der Waals surface area contributed by atoms with Crippen LogP contribution in [-0.2, 0) is 15.9 Å². The zero-order valence-electron chi connectivity index (χ0n) is 11.1.